The first-order valence-electron chi connectivity index (χ1n) is 40.4. The number of benzene rings is 5. The number of fused-ring (bicyclic) bond motifs is 5. The number of halogens is 1. The minimum Gasteiger partial charge on any atom is -0.508 e. The molecule has 0 bridgehead atoms. The monoisotopic (exact) mass is 1650 g/mol. The van der Waals surface area contributed by atoms with Crippen LogP contribution in [-0.2, 0) is 44.9 Å². The van der Waals surface area contributed by atoms with Crippen molar-refractivity contribution in [3.63, 3.8) is 0 Å². The Morgan fingerprint density at radius 1 is 0.400 bits per heavy atom. The molecule has 28 nitrogen and oxygen atoms in total. The first-order chi connectivity index (χ1) is 57.9. The summed E-state index contributed by atoms with van der Waals surface area (Å²) in [6, 6.07) is 44.8. The van der Waals surface area contributed by atoms with Gasteiger partial charge in [0.1, 0.15) is 40.0 Å². The lowest BCUT2D eigenvalue weighted by Gasteiger charge is -2.18. The molecule has 0 fully saturated rings. The fourth-order valence-electron chi connectivity index (χ4n) is 14.4. The summed E-state index contributed by atoms with van der Waals surface area (Å²) in [5.41, 5.74) is 21.6. The van der Waals surface area contributed by atoms with Crippen LogP contribution in [-0.4, -0.2) is 200 Å². The molecule has 5 aromatic carbocycles. The summed E-state index contributed by atoms with van der Waals surface area (Å²) in [5.74, 6) is 2.95. The van der Waals surface area contributed by atoms with Crippen molar-refractivity contribution in [2.45, 2.75) is 136 Å². The van der Waals surface area contributed by atoms with Gasteiger partial charge < -0.3 is 43.8 Å². The molecule has 120 heavy (non-hydrogen) atoms. The van der Waals surface area contributed by atoms with E-state index in [1.165, 1.54) is 4.85 Å². The number of aryl methyl sites for hydroxylation is 8. The van der Waals surface area contributed by atoms with Gasteiger partial charge in [-0.25, -0.2) is 42.4 Å². The van der Waals surface area contributed by atoms with Gasteiger partial charge in [0.05, 0.1) is 48.5 Å². The number of ether oxygens (including phenoxy) is 3. The number of alkyl halides is 1. The van der Waals surface area contributed by atoms with E-state index in [0.29, 0.717) is 92.4 Å². The van der Waals surface area contributed by atoms with E-state index < -0.39 is 6.86 Å². The van der Waals surface area contributed by atoms with Gasteiger partial charge in [0.2, 0.25) is 30.5 Å². The molecule has 0 spiro atoms. The van der Waals surface area contributed by atoms with E-state index in [0.717, 1.165) is 130 Å². The molecule has 4 amide bonds. The predicted molar refractivity (Wildman–Crippen MR) is 465 cm³/mol. The Morgan fingerprint density at radius 3 is 0.992 bits per heavy atom. The third-order valence-electron chi connectivity index (χ3n) is 20.5. The van der Waals surface area contributed by atoms with Crippen molar-refractivity contribution in [3.05, 3.63) is 213 Å². The van der Waals surface area contributed by atoms with E-state index in [1.807, 2.05) is 262 Å². The van der Waals surface area contributed by atoms with E-state index in [-0.39, 0.29) is 61.9 Å². The van der Waals surface area contributed by atoms with Crippen LogP contribution in [0, 0.1) is 55.4 Å². The van der Waals surface area contributed by atoms with Crippen molar-refractivity contribution in [2.24, 2.45) is 0 Å². The highest BCUT2D eigenvalue weighted by atomic mass is 32.2. The molecule has 9 aromatic heterocycles. The fourth-order valence-corrected chi connectivity index (χ4v) is 14.7. The second-order valence-corrected chi connectivity index (χ2v) is 29.5. The molecule has 0 radical (unpaired) electrons. The number of carbonyl (C=O) groups is 4. The number of para-hydroxylation sites is 1. The van der Waals surface area contributed by atoms with Crippen LogP contribution >= 0.6 is 11.8 Å². The third kappa shape index (κ3) is 20.4. The molecule has 14 aromatic rings. The number of nitrogens with zero attached hydrogens (tertiary/aromatic N) is 19. The molecule has 1 N–H and O–H groups in total. The highest BCUT2D eigenvalue weighted by molar-refractivity contribution is 7.98. The summed E-state index contributed by atoms with van der Waals surface area (Å²) in [6.45, 7) is 36.0. The summed E-state index contributed by atoms with van der Waals surface area (Å²) in [7, 11) is 0. The SMILES string of the molecule is CCN(CC)C(=O)Cc1c(-c2ccc(O)cc2)nn2c(C)cc(C)nc12.CCN(CC)C(=O)Cc1c(-c2ccc(OCF)cc2)nn2c(C)cc(C)nc12.CCN(CC)C(=O)Cc1c(-c2ccc(OCOn3nnc4ccccc43)cc2)nn2c(C)cc(C)nc12.CCN(CC)C(=O)Cc1c(-c2ccc(OCSC)cc2)nn2c(C)cc(C)nc12. The van der Waals surface area contributed by atoms with Crippen molar-refractivity contribution in [3.8, 4) is 68.0 Å². The molecule has 0 saturated carbocycles. The number of amides is 4. The van der Waals surface area contributed by atoms with Crippen LogP contribution in [0.5, 0.6) is 23.0 Å². The Labute approximate surface area is 702 Å². The first kappa shape index (κ1) is 88.0. The molecule has 628 valence electrons. The minimum absolute atomic E-state index is 0.0346. The molecular formula is C90H106FN19O9S. The molecule has 9 heterocycles. The Balaban J connectivity index is 0.000000158. The minimum atomic E-state index is -0.875. The zero-order valence-electron chi connectivity index (χ0n) is 71.5. The predicted octanol–water partition coefficient (Wildman–Crippen LogP) is 14.6. The van der Waals surface area contributed by atoms with E-state index in [1.54, 1.807) is 50.0 Å². The third-order valence-corrected chi connectivity index (χ3v) is 20.9. The maximum Gasteiger partial charge on any atom is 0.255 e. The van der Waals surface area contributed by atoms with Gasteiger partial charge in [-0.1, -0.05) is 17.0 Å². The Bertz CT molecular complexity index is 5890. The number of thioether (sulfide) groups is 1. The van der Waals surface area contributed by atoms with Crippen LogP contribution in [0.15, 0.2) is 146 Å². The van der Waals surface area contributed by atoms with E-state index >= 15 is 0 Å². The van der Waals surface area contributed by atoms with Crippen LogP contribution in [0.3, 0.4) is 0 Å². The largest absolute Gasteiger partial charge is 0.508 e. The second-order valence-electron chi connectivity index (χ2n) is 28.6. The van der Waals surface area contributed by atoms with Crippen LogP contribution in [0.2, 0.25) is 0 Å². The summed E-state index contributed by atoms with van der Waals surface area (Å²) < 4.78 is 35.9. The number of hydrogen-bond acceptors (Lipinski definition) is 20. The number of phenols is 1. The number of aromatic nitrogens is 15. The Morgan fingerprint density at radius 2 is 0.692 bits per heavy atom. The summed E-state index contributed by atoms with van der Waals surface area (Å²) in [4.78, 5) is 84.4. The van der Waals surface area contributed by atoms with E-state index in [4.69, 9.17) is 49.4 Å². The number of carbonyl (C=O) groups excluding carboxylic acids is 4. The number of aromatic hydroxyl groups is 1. The van der Waals surface area contributed by atoms with Crippen molar-refractivity contribution >= 4 is 69.0 Å². The van der Waals surface area contributed by atoms with Gasteiger partial charge in [-0.05, 0) is 256 Å². The average Bonchev–Trinajstić information content (AvgIpc) is 1.63. The molecule has 30 heteroatoms. The van der Waals surface area contributed by atoms with E-state index in [2.05, 4.69) is 20.3 Å². The molecular weight excluding hydrogens is 1540 g/mol. The van der Waals surface area contributed by atoms with Gasteiger partial charge in [-0.2, -0.15) is 20.4 Å². The maximum absolute atomic E-state index is 13.0. The van der Waals surface area contributed by atoms with Gasteiger partial charge in [-0.15, -0.1) is 16.9 Å². The maximum atomic E-state index is 13.0. The van der Waals surface area contributed by atoms with Gasteiger partial charge in [0.25, 0.3) is 6.79 Å². The summed E-state index contributed by atoms with van der Waals surface area (Å²) >= 11 is 1.63. The quantitative estimate of drug-likeness (QED) is 0.0426. The Kier molecular flexibility index (Phi) is 29.7. The number of hydrogen-bond donors (Lipinski definition) is 1. The van der Waals surface area contributed by atoms with Crippen molar-refractivity contribution in [2.75, 3.05) is 78.2 Å². The zero-order chi connectivity index (χ0) is 86.0. The van der Waals surface area contributed by atoms with Gasteiger partial charge in [0, 0.05) is 142 Å². The zero-order valence-corrected chi connectivity index (χ0v) is 72.3. The van der Waals surface area contributed by atoms with Crippen LogP contribution in [0.25, 0.3) is 78.7 Å². The van der Waals surface area contributed by atoms with E-state index in [9.17, 15) is 28.7 Å². The number of phenolic OH excluding ortho intramolecular Hbond substituents is 1. The molecule has 0 unspecified atom stereocenters. The molecule has 0 aliphatic heterocycles. The molecule has 14 rings (SSSR count). The van der Waals surface area contributed by atoms with Crippen LogP contribution in [0.1, 0.15) is 123 Å². The molecule has 0 saturated heterocycles. The van der Waals surface area contributed by atoms with Crippen molar-refractivity contribution < 1.29 is 47.7 Å². The van der Waals surface area contributed by atoms with Crippen molar-refractivity contribution in [1.29, 1.82) is 0 Å². The highest BCUT2D eigenvalue weighted by Gasteiger charge is 2.28. The summed E-state index contributed by atoms with van der Waals surface area (Å²) in [6.07, 6.45) is 2.98. The molecule has 0 aliphatic rings. The van der Waals surface area contributed by atoms with Gasteiger partial charge >= 0.3 is 0 Å². The summed E-state index contributed by atoms with van der Waals surface area (Å²) in [5, 5.41) is 36.7. The second kappa shape index (κ2) is 40.5. The standard InChI is InChI=1S/C27H29N7O3.C22H28N4O2S.C21H25FN4O2.C20H24N4O2/c1-5-32(6-2)25(35)16-22-26(30-33-19(4)15-18(3)28-27(22)33)20-11-13-21(14-12-20)36-17-37-34-24-10-8-7-9-23(24)29-31-34;1-6-25(7-2)20(27)13-19-21(17-8-10-18(11-9-17)28-14-29-5)24-26-16(4)12-15(3)23-22(19)26;1-5-25(6-2)19(27)12-18-20(16-7-9-17(10-8-16)28-13-22)24-26-15(4)11-14(3)23-21(18)26;1-5-23(6-2)18(26)12-17-19(15-7-9-16(25)10-8-15)22-24-14(4)11-13(3)21-20(17)24/h7-15H,5-6,16-17H2,1-4H3;8-12H,6-7,13-14H2,1-5H3;7-11H,5-6,12-13H2,1-4H3;7-11,25H,5-6,12H2,1-4H3. The van der Waals surface area contributed by atoms with Gasteiger partial charge in [0.15, 0.2) is 22.6 Å². The topological polar surface area (TPSA) is 290 Å². The van der Waals surface area contributed by atoms with Crippen LogP contribution in [0.4, 0.5) is 4.39 Å². The lowest BCUT2D eigenvalue weighted by Crippen LogP contribution is -2.31. The fraction of sp³-hybridized carbons (Fsp3) is 0.356. The van der Waals surface area contributed by atoms with Crippen LogP contribution < -0.4 is 19.0 Å². The smallest absolute Gasteiger partial charge is 0.255 e. The molecule has 0 aliphatic carbocycles. The Hall–Kier alpha value is -12.9. The lowest BCUT2D eigenvalue weighted by atomic mass is 10.0. The highest BCUT2D eigenvalue weighted by Crippen LogP contribution is 2.35. The van der Waals surface area contributed by atoms with Crippen molar-refractivity contribution in [1.82, 2.24) is 93.1 Å². The lowest BCUT2D eigenvalue weighted by molar-refractivity contribution is -0.130. The normalized spacial score (nSPS) is 11.1. The average molecular weight is 1650 g/mol. The van der Waals surface area contributed by atoms with Gasteiger partial charge in [-0.3, -0.25) is 19.2 Å². The first-order valence-corrected chi connectivity index (χ1v) is 41.8. The molecule has 0 atom stereocenters. The number of likely N-dealkylation sites (N-methyl/N-ethyl adjacent to an activating group) is 4. The number of rotatable bonds is 29.